The van der Waals surface area contributed by atoms with E-state index in [1.165, 1.54) is 66.1 Å². The molecule has 0 aliphatic heterocycles. The van der Waals surface area contributed by atoms with Crippen LogP contribution in [-0.4, -0.2) is 0 Å². The van der Waals surface area contributed by atoms with Gasteiger partial charge in [-0.05, 0) is 41.5 Å². The summed E-state index contributed by atoms with van der Waals surface area (Å²) in [5, 5.41) is 5.61. The maximum absolute atomic E-state index is 2.28. The monoisotopic (exact) mass is 502 g/mol. The van der Waals surface area contributed by atoms with Crippen LogP contribution in [-0.2, 0) is 26.2 Å². The molecule has 0 saturated carbocycles. The largest absolute Gasteiger partial charge is 4.00 e. The van der Waals surface area contributed by atoms with Crippen molar-refractivity contribution < 1.29 is 51.0 Å². The summed E-state index contributed by atoms with van der Waals surface area (Å²) in [7, 11) is 0. The molecule has 0 aromatic heterocycles. The van der Waals surface area contributed by atoms with Gasteiger partial charge in [-0.25, -0.2) is 0 Å². The first-order valence-corrected chi connectivity index (χ1v) is 9.46. The molecule has 0 aliphatic carbocycles. The van der Waals surface area contributed by atoms with Crippen LogP contribution in [0.4, 0.5) is 0 Å². The van der Waals surface area contributed by atoms with Gasteiger partial charge < -0.3 is 24.8 Å². The molecule has 152 valence electrons. The van der Waals surface area contributed by atoms with Crippen LogP contribution in [0.15, 0.2) is 36.4 Å². The Kier molecular flexibility index (Phi) is 10.6. The Morgan fingerprint density at radius 2 is 0.793 bits per heavy atom. The van der Waals surface area contributed by atoms with Crippen molar-refractivity contribution in [3.05, 3.63) is 80.9 Å². The first-order chi connectivity index (χ1) is 12.2. The number of fused-ring (bicyclic) bond motifs is 2. The zero-order valence-electron chi connectivity index (χ0n) is 18.7. The molecule has 4 aromatic rings. The average molecular weight is 505 g/mol. The smallest absolute Gasteiger partial charge is 1.00 e. The van der Waals surface area contributed by atoms with E-state index < -0.39 is 0 Å². The maximum Gasteiger partial charge on any atom is 4.00 e. The predicted octanol–water partition coefficient (Wildman–Crippen LogP) is 1.59. The summed E-state index contributed by atoms with van der Waals surface area (Å²) in [4.78, 5) is 0. The molecule has 0 fully saturated rings. The Morgan fingerprint density at radius 1 is 0.483 bits per heavy atom. The Hall–Kier alpha value is -0.877. The molecule has 4 aromatic carbocycles. The molecule has 0 radical (unpaired) electrons. The minimum Gasteiger partial charge on any atom is -1.00 e. The Balaban J connectivity index is 0.000000490. The number of benzene rings is 2. The van der Waals surface area contributed by atoms with E-state index in [2.05, 4.69) is 91.8 Å². The van der Waals surface area contributed by atoms with Crippen molar-refractivity contribution in [1.82, 2.24) is 0 Å². The summed E-state index contributed by atoms with van der Waals surface area (Å²) in [6.45, 7) is 17.5. The normalized spacial score (nSPS) is 9.93. The zero-order valence-corrected chi connectivity index (χ0v) is 22.7. The topological polar surface area (TPSA) is 0 Å². The van der Waals surface area contributed by atoms with Crippen LogP contribution in [0, 0.1) is 55.4 Å². The molecule has 0 aliphatic rings. The number of halogens is 2. The number of hydrogen-bond acceptors (Lipinski definition) is 0. The van der Waals surface area contributed by atoms with Gasteiger partial charge in [0.25, 0.3) is 0 Å². The van der Waals surface area contributed by atoms with Gasteiger partial charge in [0.2, 0.25) is 0 Å². The first kappa shape index (κ1) is 28.1. The van der Waals surface area contributed by atoms with Gasteiger partial charge in [-0.3, -0.25) is 0 Å². The third kappa shape index (κ3) is 5.63. The minimum atomic E-state index is 0. The average Bonchev–Trinajstić information content (AvgIpc) is 3.13. The Morgan fingerprint density at radius 3 is 1.10 bits per heavy atom. The molecule has 29 heavy (non-hydrogen) atoms. The Labute approximate surface area is 207 Å². The number of hydrogen-bond donors (Lipinski definition) is 0. The van der Waals surface area contributed by atoms with Gasteiger partial charge in [0.05, 0.1) is 0 Å². The van der Waals surface area contributed by atoms with E-state index in [4.69, 9.17) is 0 Å². The zero-order chi connectivity index (χ0) is 19.2. The standard InChI is InChI=1S/2C13H15.2ClH.Zr/c2*1-8-5-12-7-9(2)10(3)11(4)13(12)6-8;;;/h2*5-7H,1-4H3;2*1H;/q2*-1;;;+4/p-2. The van der Waals surface area contributed by atoms with E-state index in [0.717, 1.165) is 0 Å². The number of aryl methyl sites for hydroxylation is 6. The summed E-state index contributed by atoms with van der Waals surface area (Å²) in [6.07, 6.45) is 0. The molecule has 0 saturated heterocycles. The van der Waals surface area contributed by atoms with Gasteiger partial charge >= 0.3 is 26.2 Å². The molecule has 0 heterocycles. The molecule has 4 rings (SSSR count). The van der Waals surface area contributed by atoms with E-state index in [9.17, 15) is 0 Å². The van der Waals surface area contributed by atoms with E-state index in [1.807, 2.05) is 0 Å². The van der Waals surface area contributed by atoms with Crippen LogP contribution in [0.3, 0.4) is 0 Å². The summed E-state index contributed by atoms with van der Waals surface area (Å²) in [5.74, 6) is 0. The molecule has 0 unspecified atom stereocenters. The van der Waals surface area contributed by atoms with Crippen LogP contribution in [0.25, 0.3) is 21.5 Å². The molecule has 0 N–H and O–H groups in total. The minimum absolute atomic E-state index is 0. The third-order valence-electron chi connectivity index (χ3n) is 5.99. The van der Waals surface area contributed by atoms with E-state index in [-0.39, 0.29) is 51.0 Å². The summed E-state index contributed by atoms with van der Waals surface area (Å²) in [5.41, 5.74) is 11.2. The summed E-state index contributed by atoms with van der Waals surface area (Å²) >= 11 is 0. The second-order valence-electron chi connectivity index (χ2n) is 7.96. The molecular formula is C26H30Cl2Zr. The molecule has 0 spiro atoms. The van der Waals surface area contributed by atoms with Crippen LogP contribution in [0.1, 0.15) is 44.5 Å². The van der Waals surface area contributed by atoms with Crippen molar-refractivity contribution in [3.63, 3.8) is 0 Å². The van der Waals surface area contributed by atoms with E-state index in [1.54, 1.807) is 0 Å². The van der Waals surface area contributed by atoms with Crippen LogP contribution in [0.2, 0.25) is 0 Å². The second-order valence-corrected chi connectivity index (χ2v) is 7.96. The first-order valence-electron chi connectivity index (χ1n) is 9.46. The van der Waals surface area contributed by atoms with Crippen LogP contribution >= 0.6 is 0 Å². The molecular weight excluding hydrogens is 474 g/mol. The van der Waals surface area contributed by atoms with Crippen LogP contribution < -0.4 is 24.8 Å². The fourth-order valence-corrected chi connectivity index (χ4v) is 3.92. The molecule has 0 atom stereocenters. The number of rotatable bonds is 0. The van der Waals surface area contributed by atoms with Crippen LogP contribution in [0.5, 0.6) is 0 Å². The fraction of sp³-hybridized carbons (Fsp3) is 0.308. The van der Waals surface area contributed by atoms with Crippen molar-refractivity contribution in [1.29, 1.82) is 0 Å². The van der Waals surface area contributed by atoms with Crippen molar-refractivity contribution in [2.45, 2.75) is 55.4 Å². The Bertz CT molecular complexity index is 1020. The predicted molar refractivity (Wildman–Crippen MR) is 117 cm³/mol. The molecule has 0 bridgehead atoms. The molecule has 0 nitrogen and oxygen atoms in total. The molecule has 3 heteroatoms. The van der Waals surface area contributed by atoms with E-state index >= 15 is 0 Å². The summed E-state index contributed by atoms with van der Waals surface area (Å²) < 4.78 is 0. The van der Waals surface area contributed by atoms with Crippen molar-refractivity contribution in [2.24, 2.45) is 0 Å². The van der Waals surface area contributed by atoms with Gasteiger partial charge in [0, 0.05) is 0 Å². The van der Waals surface area contributed by atoms with Crippen molar-refractivity contribution in [3.8, 4) is 0 Å². The van der Waals surface area contributed by atoms with Gasteiger partial charge in [-0.2, -0.15) is 12.1 Å². The third-order valence-corrected chi connectivity index (χ3v) is 5.99. The van der Waals surface area contributed by atoms with Crippen molar-refractivity contribution >= 4 is 21.5 Å². The fourth-order valence-electron chi connectivity index (χ4n) is 3.92. The maximum atomic E-state index is 2.28. The SMILES string of the molecule is Cc1cc2c(C)c(C)c(C)cc2[cH-]1.Cc1cc2c(C)c(C)c(C)cc2[cH-]1.[Cl-].[Cl-].[Zr+4]. The van der Waals surface area contributed by atoms with Gasteiger partial charge in [-0.1, -0.05) is 47.2 Å². The van der Waals surface area contributed by atoms with Crippen molar-refractivity contribution in [2.75, 3.05) is 0 Å². The van der Waals surface area contributed by atoms with Gasteiger partial charge in [0.1, 0.15) is 0 Å². The molecule has 0 amide bonds. The second kappa shape index (κ2) is 10.9. The van der Waals surface area contributed by atoms with Gasteiger partial charge in [-0.15, -0.1) is 56.9 Å². The van der Waals surface area contributed by atoms with E-state index in [0.29, 0.717) is 0 Å². The summed E-state index contributed by atoms with van der Waals surface area (Å²) in [6, 6.07) is 13.6. The quantitative estimate of drug-likeness (QED) is 0.319. The van der Waals surface area contributed by atoms with Gasteiger partial charge in [0.15, 0.2) is 0 Å².